The maximum absolute atomic E-state index is 12.3. The number of carbonyl (C=O) groups excluding carboxylic acids is 1. The fourth-order valence-electron chi connectivity index (χ4n) is 6.44. The lowest BCUT2D eigenvalue weighted by molar-refractivity contribution is -0.193. The molecule has 8 atom stereocenters. The van der Waals surface area contributed by atoms with E-state index in [1.807, 2.05) is 0 Å². The van der Waals surface area contributed by atoms with Gasteiger partial charge >= 0.3 is 0 Å². The molecule has 4 rings (SSSR count). The van der Waals surface area contributed by atoms with E-state index in [2.05, 4.69) is 39.0 Å². The molecule has 0 aromatic heterocycles. The zero-order chi connectivity index (χ0) is 24.6. The molecule has 0 aromatic carbocycles. The van der Waals surface area contributed by atoms with Gasteiger partial charge < -0.3 is 18.9 Å². The zero-order valence-corrected chi connectivity index (χ0v) is 22.3. The summed E-state index contributed by atoms with van der Waals surface area (Å²) in [5, 5.41) is 0. The van der Waals surface area contributed by atoms with Gasteiger partial charge in [-0.3, -0.25) is 4.79 Å². The molecule has 4 fully saturated rings. The van der Waals surface area contributed by atoms with Crippen LogP contribution in [-0.2, 0) is 23.7 Å². The third-order valence-electron chi connectivity index (χ3n) is 8.34. The van der Waals surface area contributed by atoms with Gasteiger partial charge in [-0.2, -0.15) is 0 Å². The number of fused-ring (bicyclic) bond motifs is 1. The summed E-state index contributed by atoms with van der Waals surface area (Å²) in [6.07, 6.45) is 19.1. The average Bonchev–Trinajstić information content (AvgIpc) is 3.34. The summed E-state index contributed by atoms with van der Waals surface area (Å²) in [5.74, 6) is 2.10. The Balaban J connectivity index is 1.42. The lowest BCUT2D eigenvalue weighted by atomic mass is 9.89. The van der Waals surface area contributed by atoms with Crippen LogP contribution >= 0.6 is 0 Å². The Morgan fingerprint density at radius 1 is 1.06 bits per heavy atom. The summed E-state index contributed by atoms with van der Waals surface area (Å²) in [6, 6.07) is 0. The Hall–Kier alpha value is -1.01. The molecule has 0 amide bonds. The van der Waals surface area contributed by atoms with Crippen molar-refractivity contribution in [1.29, 1.82) is 0 Å². The van der Waals surface area contributed by atoms with Crippen molar-refractivity contribution in [2.24, 2.45) is 23.7 Å². The third-order valence-corrected chi connectivity index (χ3v) is 8.34. The second kappa shape index (κ2) is 13.5. The lowest BCUT2D eigenvalue weighted by Crippen LogP contribution is -2.31. The van der Waals surface area contributed by atoms with Crippen molar-refractivity contribution in [2.75, 3.05) is 13.2 Å². The summed E-state index contributed by atoms with van der Waals surface area (Å²) >= 11 is 0. The lowest BCUT2D eigenvalue weighted by Gasteiger charge is -2.30. The minimum atomic E-state index is -0.101. The van der Waals surface area contributed by atoms with Gasteiger partial charge in [0.05, 0.1) is 12.2 Å². The zero-order valence-electron chi connectivity index (χ0n) is 22.3. The minimum Gasteiger partial charge on any atom is -0.353 e. The summed E-state index contributed by atoms with van der Waals surface area (Å²) in [6.45, 7) is 8.25. The predicted octanol–water partition coefficient (Wildman–Crippen LogP) is 6.75. The Labute approximate surface area is 213 Å². The highest BCUT2D eigenvalue weighted by Gasteiger charge is 2.48. The molecule has 0 N–H and O–H groups in total. The van der Waals surface area contributed by atoms with Crippen LogP contribution in [0.25, 0.3) is 0 Å². The van der Waals surface area contributed by atoms with Crippen molar-refractivity contribution in [3.63, 3.8) is 0 Å². The van der Waals surface area contributed by atoms with E-state index >= 15 is 0 Å². The van der Waals surface area contributed by atoms with Gasteiger partial charge in [-0.15, -0.1) is 0 Å². The van der Waals surface area contributed by atoms with Gasteiger partial charge in [0.2, 0.25) is 0 Å². The highest BCUT2D eigenvalue weighted by atomic mass is 16.7. The molecule has 8 unspecified atom stereocenters. The van der Waals surface area contributed by atoms with Crippen LogP contribution in [0.15, 0.2) is 23.8 Å². The quantitative estimate of drug-likeness (QED) is 0.301. The molecule has 2 heterocycles. The Morgan fingerprint density at radius 2 is 1.80 bits per heavy atom. The van der Waals surface area contributed by atoms with Gasteiger partial charge in [-0.05, 0) is 95.8 Å². The second-order valence-corrected chi connectivity index (χ2v) is 11.7. The van der Waals surface area contributed by atoms with E-state index in [0.717, 1.165) is 71.0 Å². The normalized spacial score (nSPS) is 35.2. The van der Waals surface area contributed by atoms with Crippen molar-refractivity contribution in [3.05, 3.63) is 23.8 Å². The molecule has 2 aliphatic heterocycles. The molecule has 35 heavy (non-hydrogen) atoms. The third kappa shape index (κ3) is 8.24. The fraction of sp³-hybridized carbons (Fsp3) is 0.833. The Kier molecular flexibility index (Phi) is 10.4. The first-order valence-corrected chi connectivity index (χ1v) is 14.4. The number of Topliss-reactive ketones (excluding diaryl/α,β-unsaturated/α-hetero) is 1. The Bertz CT molecular complexity index is 714. The molecule has 2 saturated carbocycles. The smallest absolute Gasteiger partial charge is 0.158 e. The molecule has 5 heteroatoms. The first-order valence-electron chi connectivity index (χ1n) is 14.4. The summed E-state index contributed by atoms with van der Waals surface area (Å²) < 4.78 is 24.9. The van der Waals surface area contributed by atoms with E-state index in [9.17, 15) is 4.79 Å². The van der Waals surface area contributed by atoms with Gasteiger partial charge in [0.15, 0.2) is 12.6 Å². The Morgan fingerprint density at radius 3 is 2.49 bits per heavy atom. The summed E-state index contributed by atoms with van der Waals surface area (Å²) in [4.78, 5) is 12.3. The number of ketones is 1. The molecule has 0 radical (unpaired) electrons. The van der Waals surface area contributed by atoms with Crippen LogP contribution in [0, 0.1) is 23.7 Å². The fourth-order valence-corrected chi connectivity index (χ4v) is 6.44. The van der Waals surface area contributed by atoms with E-state index in [0.29, 0.717) is 30.0 Å². The maximum atomic E-state index is 12.3. The number of rotatable bonds is 11. The largest absolute Gasteiger partial charge is 0.353 e. The van der Waals surface area contributed by atoms with Crippen molar-refractivity contribution in [2.45, 2.75) is 123 Å². The van der Waals surface area contributed by atoms with E-state index in [1.54, 1.807) is 0 Å². The van der Waals surface area contributed by atoms with Gasteiger partial charge in [-0.25, -0.2) is 0 Å². The van der Waals surface area contributed by atoms with E-state index < -0.39 is 0 Å². The number of allylic oxidation sites excluding steroid dienone is 2. The molecule has 0 bridgehead atoms. The molecular weight excluding hydrogens is 440 g/mol. The van der Waals surface area contributed by atoms with Gasteiger partial charge in [-0.1, -0.05) is 30.7 Å². The maximum Gasteiger partial charge on any atom is 0.158 e. The van der Waals surface area contributed by atoms with Gasteiger partial charge in [0, 0.05) is 32.0 Å². The van der Waals surface area contributed by atoms with Crippen molar-refractivity contribution < 1.29 is 23.7 Å². The molecule has 0 aromatic rings. The van der Waals surface area contributed by atoms with Crippen molar-refractivity contribution in [1.82, 2.24) is 0 Å². The van der Waals surface area contributed by atoms with Crippen LogP contribution < -0.4 is 0 Å². The van der Waals surface area contributed by atoms with E-state index in [1.165, 1.54) is 18.4 Å². The second-order valence-electron chi connectivity index (χ2n) is 11.7. The standard InChI is InChI=1S/C30H48O5/c1-21(2)9-8-10-22(3)17-25(34-29-11-4-6-15-32-29)13-14-26-27-20-24(31)18-23(27)19-28(26)35-30-12-5-7-16-33-30/h9,13-14,22-23,25-30H,4-8,10-12,15-20H2,1-3H3. The molecule has 198 valence electrons. The first kappa shape index (κ1) is 27.0. The first-order chi connectivity index (χ1) is 17.0. The van der Waals surface area contributed by atoms with Crippen LogP contribution in [0.3, 0.4) is 0 Å². The number of carbonyl (C=O) groups is 1. The summed E-state index contributed by atoms with van der Waals surface area (Å²) in [7, 11) is 0. The highest BCUT2D eigenvalue weighted by molar-refractivity contribution is 5.81. The van der Waals surface area contributed by atoms with Crippen LogP contribution in [-0.4, -0.2) is 43.8 Å². The highest BCUT2D eigenvalue weighted by Crippen LogP contribution is 2.48. The van der Waals surface area contributed by atoms with Gasteiger partial charge in [0.1, 0.15) is 5.78 Å². The molecule has 0 spiro atoms. The van der Waals surface area contributed by atoms with Crippen molar-refractivity contribution >= 4 is 5.78 Å². The van der Waals surface area contributed by atoms with Crippen LogP contribution in [0.4, 0.5) is 0 Å². The number of hydrogen-bond acceptors (Lipinski definition) is 5. The van der Waals surface area contributed by atoms with Crippen LogP contribution in [0.1, 0.15) is 97.8 Å². The van der Waals surface area contributed by atoms with E-state index in [4.69, 9.17) is 18.9 Å². The molecular formula is C30H48O5. The average molecular weight is 489 g/mol. The minimum absolute atomic E-state index is 0.0301. The molecule has 2 aliphatic carbocycles. The molecule has 4 aliphatic rings. The number of hydrogen-bond donors (Lipinski definition) is 0. The molecule has 5 nitrogen and oxygen atoms in total. The van der Waals surface area contributed by atoms with Crippen molar-refractivity contribution in [3.8, 4) is 0 Å². The van der Waals surface area contributed by atoms with Crippen LogP contribution in [0.5, 0.6) is 0 Å². The van der Waals surface area contributed by atoms with E-state index in [-0.39, 0.29) is 30.7 Å². The van der Waals surface area contributed by atoms with Gasteiger partial charge in [0.25, 0.3) is 0 Å². The topological polar surface area (TPSA) is 54.0 Å². The summed E-state index contributed by atoms with van der Waals surface area (Å²) in [5.41, 5.74) is 1.38. The van der Waals surface area contributed by atoms with Crippen LogP contribution in [0.2, 0.25) is 0 Å². The molecule has 2 saturated heterocycles. The number of ether oxygens (including phenoxy) is 4. The monoisotopic (exact) mass is 488 g/mol. The SMILES string of the molecule is CC(C)=CCCC(C)CC(C=CC1C(OC2CCCCO2)CC2CC(=O)CC21)OC1CCCCO1. The predicted molar refractivity (Wildman–Crippen MR) is 138 cm³/mol.